The van der Waals surface area contributed by atoms with E-state index in [0.717, 1.165) is 82.6 Å². The summed E-state index contributed by atoms with van der Waals surface area (Å²) in [6, 6.07) is 0. The Labute approximate surface area is 468 Å². The van der Waals surface area contributed by atoms with Crippen LogP contribution in [0.4, 0.5) is 0 Å². The molecule has 8 heteroatoms. The zero-order valence-corrected chi connectivity index (χ0v) is 50.5. The van der Waals surface area contributed by atoms with Gasteiger partial charge < -0.3 is 18.9 Å². The monoisotopic (exact) mass is 1060 g/mol. The van der Waals surface area contributed by atoms with Gasteiger partial charge in [-0.1, -0.05) is 284 Å². The van der Waals surface area contributed by atoms with Crippen LogP contribution in [0.25, 0.3) is 0 Å². The summed E-state index contributed by atoms with van der Waals surface area (Å²) in [4.78, 5) is 53.4. The highest BCUT2D eigenvalue weighted by Crippen LogP contribution is 2.62. The van der Waals surface area contributed by atoms with Crippen molar-refractivity contribution < 1.29 is 38.1 Å². The predicted molar refractivity (Wildman–Crippen MR) is 316 cm³/mol. The molecule has 1 aliphatic heterocycles. The number of rotatable bonds is 48. The third-order valence-electron chi connectivity index (χ3n) is 18.4. The lowest BCUT2D eigenvalue weighted by Gasteiger charge is -2.60. The quantitative estimate of drug-likeness (QED) is 0.0195. The summed E-state index contributed by atoms with van der Waals surface area (Å²) in [6.45, 7) is 16.2. The normalized spacial score (nSPS) is 22.9. The van der Waals surface area contributed by atoms with E-state index in [1.165, 1.54) is 193 Å². The lowest BCUT2D eigenvalue weighted by Crippen LogP contribution is -2.58. The van der Waals surface area contributed by atoms with E-state index < -0.39 is 17.5 Å². The van der Waals surface area contributed by atoms with Crippen LogP contribution < -0.4 is 0 Å². The molecule has 3 rings (SSSR count). The Kier molecular flexibility index (Phi) is 37.6. The third-order valence-corrected chi connectivity index (χ3v) is 18.4. The van der Waals surface area contributed by atoms with Crippen molar-refractivity contribution in [1.29, 1.82) is 0 Å². The molecule has 1 heterocycles. The summed E-state index contributed by atoms with van der Waals surface area (Å²) < 4.78 is 24.2. The molecule has 0 radical (unpaired) electrons. The molecule has 0 aromatic carbocycles. The summed E-state index contributed by atoms with van der Waals surface area (Å²) in [7, 11) is 0. The van der Waals surface area contributed by atoms with Crippen molar-refractivity contribution in [1.82, 2.24) is 0 Å². The number of carbonyl (C=O) groups is 4. The highest BCUT2D eigenvalue weighted by molar-refractivity contribution is 5.92. The van der Waals surface area contributed by atoms with E-state index in [1.807, 2.05) is 6.08 Å². The predicted octanol–water partition coefficient (Wildman–Crippen LogP) is 20.1. The second kappa shape index (κ2) is 42.3. The van der Waals surface area contributed by atoms with Gasteiger partial charge in [0.25, 0.3) is 0 Å². The number of carbonyl (C=O) groups excluding carboxylic acids is 4. The minimum absolute atomic E-state index is 0.0394. The second-order valence-electron chi connectivity index (χ2n) is 24.9. The van der Waals surface area contributed by atoms with Crippen LogP contribution in [0.1, 0.15) is 336 Å². The molecule has 0 N–H and O–H groups in total. The maximum Gasteiger partial charge on any atom is 0.337 e. The third kappa shape index (κ3) is 27.5. The number of esters is 4. The molecule has 0 aromatic heterocycles. The molecule has 3 fully saturated rings. The molecule has 2 saturated carbocycles. The summed E-state index contributed by atoms with van der Waals surface area (Å²) in [5, 5.41) is 0. The Hall–Kier alpha value is -2.64. The zero-order chi connectivity index (χ0) is 55.0. The van der Waals surface area contributed by atoms with E-state index >= 15 is 0 Å². The number of fused-ring (bicyclic) bond motifs is 1. The van der Waals surface area contributed by atoms with Crippen molar-refractivity contribution in [3.8, 4) is 0 Å². The highest BCUT2D eigenvalue weighted by Gasteiger charge is 2.59. The van der Waals surface area contributed by atoms with Crippen molar-refractivity contribution in [3.63, 3.8) is 0 Å². The molecule has 0 bridgehead atoms. The summed E-state index contributed by atoms with van der Waals surface area (Å²) in [6.07, 6.45) is 54.7. The minimum atomic E-state index is -0.702. The lowest BCUT2D eigenvalue weighted by molar-refractivity contribution is -0.193. The molecule has 0 amide bonds. The van der Waals surface area contributed by atoms with E-state index in [4.69, 9.17) is 18.9 Å². The highest BCUT2D eigenvalue weighted by atomic mass is 16.6. The van der Waals surface area contributed by atoms with Crippen LogP contribution >= 0.6 is 0 Å². The van der Waals surface area contributed by atoms with Gasteiger partial charge in [-0.2, -0.15) is 0 Å². The Balaban J connectivity index is 1.55. The molecule has 0 aromatic rings. The van der Waals surface area contributed by atoms with E-state index in [1.54, 1.807) is 0 Å². The van der Waals surface area contributed by atoms with Gasteiger partial charge >= 0.3 is 23.9 Å². The van der Waals surface area contributed by atoms with E-state index in [0.29, 0.717) is 37.7 Å². The first-order valence-corrected chi connectivity index (χ1v) is 33.1. The first-order valence-electron chi connectivity index (χ1n) is 33.1. The number of unbranched alkanes of at least 4 members (excludes halogenated alkanes) is 36. The Bertz CT molecular complexity index is 1590. The van der Waals surface area contributed by atoms with Crippen LogP contribution in [0.5, 0.6) is 0 Å². The number of hydrogen-bond donors (Lipinski definition) is 0. The molecule has 440 valence electrons. The average molecular weight is 1070 g/mol. The van der Waals surface area contributed by atoms with Gasteiger partial charge in [-0.05, 0) is 68.6 Å². The average Bonchev–Trinajstić information content (AvgIpc) is 3.75. The molecule has 6 atom stereocenters. The van der Waals surface area contributed by atoms with Crippen LogP contribution in [-0.4, -0.2) is 49.3 Å². The molecule has 6 unspecified atom stereocenters. The number of cyclic esters (lactones) is 1. The topological polar surface area (TPSA) is 105 Å². The maximum absolute atomic E-state index is 13.7. The van der Waals surface area contributed by atoms with Crippen LogP contribution in [0.15, 0.2) is 23.8 Å². The zero-order valence-electron chi connectivity index (χ0n) is 50.5. The van der Waals surface area contributed by atoms with Crippen molar-refractivity contribution in [2.24, 2.45) is 22.7 Å². The fourth-order valence-electron chi connectivity index (χ4n) is 13.4. The fraction of sp³-hybridized carbons (Fsp3) is 0.882. The molecule has 3 aliphatic rings. The molecule has 2 aliphatic carbocycles. The number of hydrogen-bond acceptors (Lipinski definition) is 8. The molecular formula is C68H120O8. The van der Waals surface area contributed by atoms with Gasteiger partial charge in [0.15, 0.2) is 6.10 Å². The van der Waals surface area contributed by atoms with Gasteiger partial charge in [0, 0.05) is 24.7 Å². The van der Waals surface area contributed by atoms with Crippen LogP contribution in [0, 0.1) is 22.7 Å². The molecule has 8 nitrogen and oxygen atoms in total. The summed E-state index contributed by atoms with van der Waals surface area (Å²) in [5.41, 5.74) is 0.744. The van der Waals surface area contributed by atoms with Crippen molar-refractivity contribution in [3.05, 3.63) is 23.8 Å². The number of ether oxygens (including phenoxy) is 4. The first-order chi connectivity index (χ1) is 37.0. The smallest absolute Gasteiger partial charge is 0.337 e. The number of allylic oxidation sites excluding steroid dienone is 2. The lowest BCUT2D eigenvalue weighted by atomic mass is 9.46. The Morgan fingerprint density at radius 2 is 0.895 bits per heavy atom. The molecule has 0 spiro atoms. The molecule has 76 heavy (non-hydrogen) atoms. The van der Waals surface area contributed by atoms with Crippen LogP contribution in [0.2, 0.25) is 0 Å². The second-order valence-corrected chi connectivity index (χ2v) is 24.9. The Morgan fingerprint density at radius 1 is 0.526 bits per heavy atom. The minimum Gasteiger partial charge on any atom is -0.465 e. The largest absolute Gasteiger partial charge is 0.465 e. The first kappa shape index (κ1) is 67.6. The van der Waals surface area contributed by atoms with Gasteiger partial charge in [-0.15, -0.1) is 0 Å². The van der Waals surface area contributed by atoms with Crippen molar-refractivity contribution >= 4 is 23.9 Å². The fourth-order valence-corrected chi connectivity index (χ4v) is 13.4. The van der Waals surface area contributed by atoms with Crippen LogP contribution in [-0.2, 0) is 38.1 Å². The standard InChI is InChI=1S/C68H120O8/c1-7-10-13-16-19-22-25-28-31-34-37-40-43-46-63(69)74-56-68(6)61-52-49-57(4)59(67(61,5)54-53-62(68)76-65(71)48-45-42-39-36-33-30-27-24-21-18-15-12-9-3)51-50-58-60(55-73-66(58)72)75-64(70)47-44-41-38-35-32-29-26-23-20-17-14-11-8-2/h50,59-62H,4,7-49,51-56H2,1-3,5-6H3/b58-50-. The molecular weight excluding hydrogens is 945 g/mol. The molecule has 1 saturated heterocycles. The maximum atomic E-state index is 13.7. The van der Waals surface area contributed by atoms with E-state index in [-0.39, 0.29) is 54.5 Å². The van der Waals surface area contributed by atoms with Crippen molar-refractivity contribution in [2.45, 2.75) is 349 Å². The summed E-state index contributed by atoms with van der Waals surface area (Å²) >= 11 is 0. The van der Waals surface area contributed by atoms with Gasteiger partial charge in [0.05, 0.1) is 5.57 Å². The van der Waals surface area contributed by atoms with Gasteiger partial charge in [0.2, 0.25) is 0 Å². The van der Waals surface area contributed by atoms with Gasteiger partial charge in [-0.3, -0.25) is 14.4 Å². The van der Waals surface area contributed by atoms with Gasteiger partial charge in [-0.25, -0.2) is 4.79 Å². The SMILES string of the molecule is C=C1CCC2C(C)(COC(=O)CCCCCCCCCCCCCCC)C(OC(=O)CCCCCCCCCCCCCCC)CCC2(C)C1C/C=C1\C(=O)OCC1OC(=O)CCCCCCCCCCCCCCC. The van der Waals surface area contributed by atoms with E-state index in [9.17, 15) is 19.2 Å². The summed E-state index contributed by atoms with van der Waals surface area (Å²) in [5.74, 6) is -0.862. The van der Waals surface area contributed by atoms with E-state index in [2.05, 4.69) is 41.2 Å². The van der Waals surface area contributed by atoms with Crippen LogP contribution in [0.3, 0.4) is 0 Å². The Morgan fingerprint density at radius 3 is 1.30 bits per heavy atom. The van der Waals surface area contributed by atoms with Crippen molar-refractivity contribution in [2.75, 3.05) is 13.2 Å². The van der Waals surface area contributed by atoms with Gasteiger partial charge in [0.1, 0.15) is 19.3 Å².